The van der Waals surface area contributed by atoms with Crippen LogP contribution in [0.15, 0.2) is 59.7 Å². The Morgan fingerprint density at radius 3 is 1.94 bits per heavy atom. The third-order valence-corrected chi connectivity index (χ3v) is 26.0. The maximum Gasteiger partial charge on any atom is 0.475 e. The van der Waals surface area contributed by atoms with Crippen LogP contribution < -0.4 is 5.32 Å². The van der Waals surface area contributed by atoms with Gasteiger partial charge in [0.25, 0.3) is 5.79 Å². The summed E-state index contributed by atoms with van der Waals surface area (Å²) >= 11 is 0. The van der Waals surface area contributed by atoms with Crippen molar-refractivity contribution in [3.05, 3.63) is 81.7 Å². The second kappa shape index (κ2) is 34.5. The van der Waals surface area contributed by atoms with E-state index in [1.165, 1.54) is 0 Å². The highest BCUT2D eigenvalue weighted by Gasteiger charge is 2.62. The summed E-state index contributed by atoms with van der Waals surface area (Å²) in [6.07, 6.45) is -12.1. The average Bonchev–Trinajstić information content (AvgIpc) is 1.49. The molecule has 1 N–H and O–H groups in total. The van der Waals surface area contributed by atoms with Gasteiger partial charge in [-0.2, -0.15) is 0 Å². The van der Waals surface area contributed by atoms with Crippen molar-refractivity contribution in [3.63, 3.8) is 0 Å². The van der Waals surface area contributed by atoms with Crippen LogP contribution in [-0.4, -0.2) is 142 Å². The van der Waals surface area contributed by atoms with E-state index in [-0.39, 0.29) is 87.1 Å². The molecule has 0 saturated carbocycles. The summed E-state index contributed by atoms with van der Waals surface area (Å²) in [5.41, 5.74) is 12.2. The zero-order valence-corrected chi connectivity index (χ0v) is 61.2. The molecule has 4 saturated heterocycles. The molecule has 0 aromatic heterocycles. The van der Waals surface area contributed by atoms with E-state index >= 15 is 9.36 Å². The molecule has 0 spiro atoms. The van der Waals surface area contributed by atoms with E-state index in [9.17, 15) is 24.7 Å². The Hall–Kier alpha value is -4.89. The van der Waals surface area contributed by atoms with E-state index in [1.807, 2.05) is 72.8 Å². The molecule has 5 aliphatic heterocycles. The Balaban J connectivity index is 1.39. The van der Waals surface area contributed by atoms with Crippen molar-refractivity contribution in [1.29, 1.82) is 0 Å². The smallest absolute Gasteiger partial charge is 0.462 e. The molecule has 7 rings (SSSR count). The van der Waals surface area contributed by atoms with Crippen molar-refractivity contribution in [3.8, 4) is 0 Å². The Morgan fingerprint density at radius 1 is 0.760 bits per heavy atom. The highest BCUT2D eigenvalue weighted by atomic mass is 31.2. The maximum atomic E-state index is 15.5. The monoisotopic (exact) mass is 1390 g/mol. The number of azide groups is 1. The number of fused-ring (bicyclic) bond motifs is 2. The van der Waals surface area contributed by atoms with Crippen LogP contribution in [0.2, 0.25) is 18.1 Å². The standard InChI is InChI=1S/C69H107N4O21PSi/c1-18-42(8)32-55(76)88-60-45(11)51(86-65(58(60)72-73-70)94-96(16,17)67(12,13)41(6)7)39-80-64-57(71-53(74)34-49(21-4)85-54(75)22-5)63(89-56(77)33-43(9)19-2)62(93-95(79)83-37-47-30-26-27-31-48(47)38-84-95)52(87-64)40-82-69(66(78)81-36-46-28-24-23-25-29-46)35-50-61(91-68(14,15)90-50)59(92-69)44(10)20-3/h23-31,41-45,49-52,57-65H,18-22,32-40H2,1-17H3,(H,71,74)/t42-,43-,44-,45-,49-,50-,51?,52?,57?,58?,59?,60+,61-,62-,63-,64-,65+,69-/m1/s1. The van der Waals surface area contributed by atoms with Gasteiger partial charge in [-0.15, -0.1) is 0 Å². The summed E-state index contributed by atoms with van der Waals surface area (Å²) in [6.45, 7) is 31.0. The number of hydrogen-bond acceptors (Lipinski definition) is 22. The van der Waals surface area contributed by atoms with Gasteiger partial charge >= 0.3 is 31.7 Å². The largest absolute Gasteiger partial charge is 0.475 e. The van der Waals surface area contributed by atoms with Crippen LogP contribution in [0.1, 0.15) is 178 Å². The fourth-order valence-electron chi connectivity index (χ4n) is 12.2. The van der Waals surface area contributed by atoms with Crippen LogP contribution in [-0.2, 0) is 118 Å². The van der Waals surface area contributed by atoms with Gasteiger partial charge in [0.1, 0.15) is 49.2 Å². The normalized spacial score (nSPS) is 30.0. The minimum atomic E-state index is -4.81. The number of rotatable bonds is 32. The topological polar surface area (TPSA) is 302 Å². The zero-order valence-electron chi connectivity index (χ0n) is 59.4. The number of nitrogens with one attached hydrogen (secondary N) is 1. The first-order valence-electron chi connectivity index (χ1n) is 34.4. The first kappa shape index (κ1) is 78.4. The van der Waals surface area contributed by atoms with Crippen LogP contribution in [0.4, 0.5) is 0 Å². The quantitative estimate of drug-likeness (QED) is 0.0135. The third kappa shape index (κ3) is 20.0. The summed E-state index contributed by atoms with van der Waals surface area (Å²) in [6, 6.07) is 13.4. The molecule has 0 aliphatic carbocycles. The highest BCUT2D eigenvalue weighted by molar-refractivity contribution is 7.48. The van der Waals surface area contributed by atoms with Crippen LogP contribution in [0.5, 0.6) is 0 Å². The Bertz CT molecular complexity index is 2980. The molecule has 96 heavy (non-hydrogen) atoms. The molecular weight excluding hydrogens is 1280 g/mol. The van der Waals surface area contributed by atoms with Crippen molar-refractivity contribution in [2.24, 2.45) is 34.7 Å². The van der Waals surface area contributed by atoms with Gasteiger partial charge in [-0.25, -0.2) is 9.36 Å². The second-order valence-corrected chi connectivity index (χ2v) is 34.4. The maximum absolute atomic E-state index is 15.5. The summed E-state index contributed by atoms with van der Waals surface area (Å²) in [5.74, 6) is -8.03. The van der Waals surface area contributed by atoms with E-state index in [0.717, 1.165) is 0 Å². The van der Waals surface area contributed by atoms with Crippen molar-refractivity contribution in [2.75, 3.05) is 13.2 Å². The lowest BCUT2D eigenvalue weighted by atomic mass is 9.87. The minimum absolute atomic E-state index is 0.0378. The van der Waals surface area contributed by atoms with Gasteiger partial charge in [-0.3, -0.25) is 32.7 Å². The number of phosphoric ester groups is 1. The van der Waals surface area contributed by atoms with Gasteiger partial charge in [0.05, 0.1) is 51.2 Å². The summed E-state index contributed by atoms with van der Waals surface area (Å²) in [4.78, 5) is 74.9. The molecule has 25 nitrogen and oxygen atoms in total. The Morgan fingerprint density at radius 2 is 1.36 bits per heavy atom. The Labute approximate surface area is 568 Å². The van der Waals surface area contributed by atoms with Crippen LogP contribution in [0.3, 0.4) is 0 Å². The molecule has 5 aliphatic rings. The molecule has 1 amide bonds. The fraction of sp³-hybridized carbons (Fsp3) is 0.754. The molecule has 27 heteroatoms. The van der Waals surface area contributed by atoms with E-state index in [1.54, 1.807) is 71.0 Å². The molecule has 2 aromatic carbocycles. The molecular formula is C69H107N4O21PSi. The summed E-state index contributed by atoms with van der Waals surface area (Å²) < 4.78 is 114. The summed E-state index contributed by atoms with van der Waals surface area (Å²) in [7, 11) is -7.70. The molecule has 5 heterocycles. The fourth-order valence-corrected chi connectivity index (χ4v) is 16.0. The lowest BCUT2D eigenvalue weighted by molar-refractivity contribution is -0.331. The number of benzene rings is 2. The Kier molecular flexibility index (Phi) is 28.2. The highest BCUT2D eigenvalue weighted by Crippen LogP contribution is 2.56. The number of esters is 4. The molecule has 538 valence electrons. The number of carbonyl (C=O) groups is 5. The molecule has 4 fully saturated rings. The van der Waals surface area contributed by atoms with Gasteiger partial charge in [0, 0.05) is 36.5 Å². The molecule has 18 atom stereocenters. The van der Waals surface area contributed by atoms with Crippen molar-refractivity contribution < 1.29 is 98.6 Å². The predicted octanol–water partition coefficient (Wildman–Crippen LogP) is 12.8. The summed E-state index contributed by atoms with van der Waals surface area (Å²) in [5, 5.41) is 6.80. The minimum Gasteiger partial charge on any atom is -0.462 e. The number of phosphoric acid groups is 1. The van der Waals surface area contributed by atoms with Crippen LogP contribution in [0.25, 0.3) is 10.4 Å². The van der Waals surface area contributed by atoms with Gasteiger partial charge < -0.3 is 61.8 Å². The van der Waals surface area contributed by atoms with E-state index in [0.29, 0.717) is 36.0 Å². The van der Waals surface area contributed by atoms with E-state index < -0.39 is 156 Å². The van der Waals surface area contributed by atoms with Crippen molar-refractivity contribution >= 4 is 45.9 Å². The van der Waals surface area contributed by atoms with Crippen molar-refractivity contribution in [2.45, 2.75) is 291 Å². The average molecular weight is 1390 g/mol. The molecule has 0 radical (unpaired) electrons. The first-order valence-corrected chi connectivity index (χ1v) is 38.8. The third-order valence-electron chi connectivity index (χ3n) is 20.1. The number of carbonyl (C=O) groups excluding carboxylic acids is 5. The molecule has 5 unspecified atom stereocenters. The SMILES string of the molecule is CCC(=O)O[C@H](CC)CC(=O)NC1[C@H](OCC2O[C@@H](O[Si](C)(C)C(C)(C)C(C)C)C(N=[N+]=[N-])[C@@H](OC(=O)C[C@H](C)CC)[C@@H]2C)OC(CO[C@]2(C(=O)OCc3ccccc3)C[C@H]3OC(C)(C)O[C@H]3C([C@H](C)CC)O2)[C@@H](OP2(=O)OCc3ccccc3CO2)[C@@H]1OC(=O)C[C@H](C)CC. The van der Waals surface area contributed by atoms with Gasteiger partial charge in [0.15, 0.2) is 32.8 Å². The number of nitrogens with zero attached hydrogens (tertiary/aromatic N) is 3. The zero-order chi connectivity index (χ0) is 70.5. The predicted molar refractivity (Wildman–Crippen MR) is 354 cm³/mol. The van der Waals surface area contributed by atoms with Gasteiger partial charge in [0.2, 0.25) is 5.91 Å². The molecule has 0 bridgehead atoms. The lowest BCUT2D eigenvalue weighted by Crippen LogP contribution is -2.68. The van der Waals surface area contributed by atoms with E-state index in [2.05, 4.69) is 43.0 Å². The molecule has 2 aromatic rings. The second-order valence-electron chi connectivity index (χ2n) is 28.3. The number of amides is 1. The number of hydrogen-bond donors (Lipinski definition) is 1. The van der Waals surface area contributed by atoms with E-state index in [4.69, 9.17) is 70.1 Å². The van der Waals surface area contributed by atoms with Crippen molar-refractivity contribution in [1.82, 2.24) is 5.32 Å². The lowest BCUT2D eigenvalue weighted by Gasteiger charge is -2.50. The van der Waals surface area contributed by atoms with Gasteiger partial charge in [-0.1, -0.05) is 169 Å². The van der Waals surface area contributed by atoms with Gasteiger partial charge in [-0.05, 0) is 84.3 Å². The first-order chi connectivity index (χ1) is 45.3. The number of ether oxygens (including phenoxy) is 11. The van der Waals surface area contributed by atoms with Crippen LogP contribution in [0, 0.1) is 29.6 Å². The van der Waals surface area contributed by atoms with Crippen LogP contribution >= 0.6 is 7.82 Å².